The number of fused-ring (bicyclic) bond motifs is 1. The van der Waals surface area contributed by atoms with Crippen molar-refractivity contribution in [1.29, 1.82) is 0 Å². The number of amides is 1. The van der Waals surface area contributed by atoms with Gasteiger partial charge in [-0.25, -0.2) is 4.98 Å². The van der Waals surface area contributed by atoms with Gasteiger partial charge in [-0.2, -0.15) is 4.98 Å². The first kappa shape index (κ1) is 20.8. The number of nitrogens with zero attached hydrogens (tertiary/aromatic N) is 4. The van der Waals surface area contributed by atoms with Crippen LogP contribution in [-0.2, 0) is 17.8 Å². The fraction of sp³-hybridized carbons (Fsp3) is 0.455. The van der Waals surface area contributed by atoms with Crippen molar-refractivity contribution in [2.24, 2.45) is 5.92 Å². The largest absolute Gasteiger partial charge is 0.356 e. The van der Waals surface area contributed by atoms with Crippen LogP contribution in [0.5, 0.6) is 0 Å². The summed E-state index contributed by atoms with van der Waals surface area (Å²) in [4.78, 5) is 24.0. The van der Waals surface area contributed by atoms with E-state index in [9.17, 15) is 4.79 Å². The molecule has 7 nitrogen and oxygen atoms in total. The Hall–Kier alpha value is -2.48. The van der Waals surface area contributed by atoms with Crippen LogP contribution < -0.4 is 10.2 Å². The second kappa shape index (κ2) is 9.12. The molecule has 0 aliphatic carbocycles. The molecule has 158 valence electrons. The number of benzene rings is 1. The summed E-state index contributed by atoms with van der Waals surface area (Å²) in [7, 11) is 0. The zero-order valence-corrected chi connectivity index (χ0v) is 18.9. The van der Waals surface area contributed by atoms with Crippen molar-refractivity contribution in [2.45, 2.75) is 46.1 Å². The van der Waals surface area contributed by atoms with E-state index in [0.717, 1.165) is 58.8 Å². The molecule has 1 amide bonds. The highest BCUT2D eigenvalue weighted by Crippen LogP contribution is 2.30. The molecule has 1 aromatic carbocycles. The summed E-state index contributed by atoms with van der Waals surface area (Å²) in [6.45, 7) is 6.63. The van der Waals surface area contributed by atoms with Gasteiger partial charge in [0.25, 0.3) is 5.71 Å². The third kappa shape index (κ3) is 4.80. The summed E-state index contributed by atoms with van der Waals surface area (Å²) in [6.07, 6.45) is 3.06. The van der Waals surface area contributed by atoms with E-state index in [-0.39, 0.29) is 5.91 Å². The molecule has 0 bridgehead atoms. The van der Waals surface area contributed by atoms with Gasteiger partial charge in [-0.15, -0.1) is 0 Å². The van der Waals surface area contributed by atoms with Gasteiger partial charge in [0.05, 0.1) is 5.69 Å². The second-order valence-corrected chi connectivity index (χ2v) is 8.90. The van der Waals surface area contributed by atoms with Crippen molar-refractivity contribution in [3.63, 3.8) is 0 Å². The molecule has 0 saturated carbocycles. The van der Waals surface area contributed by atoms with Gasteiger partial charge in [0.15, 0.2) is 0 Å². The van der Waals surface area contributed by atoms with E-state index in [1.807, 2.05) is 31.2 Å². The van der Waals surface area contributed by atoms with Gasteiger partial charge in [0.2, 0.25) is 5.91 Å². The first-order chi connectivity index (χ1) is 14.5. The minimum absolute atomic E-state index is 0.0271. The molecule has 1 N–H and O–H groups in total. The number of hydrogen-bond acceptors (Lipinski definition) is 6. The lowest BCUT2D eigenvalue weighted by molar-refractivity contribution is -0.121. The van der Waals surface area contributed by atoms with Crippen molar-refractivity contribution in [1.82, 2.24) is 20.4 Å². The highest BCUT2D eigenvalue weighted by Gasteiger charge is 2.23. The molecule has 1 aliphatic rings. The average molecular weight is 472 g/mol. The topological polar surface area (TPSA) is 84.1 Å². The number of piperidine rings is 1. The number of hydrogen-bond donors (Lipinski definition) is 1. The lowest BCUT2D eigenvalue weighted by Crippen LogP contribution is -2.34. The summed E-state index contributed by atoms with van der Waals surface area (Å²) in [5.74, 6) is 2.20. The second-order valence-electron chi connectivity index (χ2n) is 7.99. The third-order valence-electron chi connectivity index (χ3n) is 5.57. The quantitative estimate of drug-likeness (QED) is 0.580. The molecule has 1 aliphatic heterocycles. The van der Waals surface area contributed by atoms with E-state index in [1.165, 1.54) is 0 Å². The van der Waals surface area contributed by atoms with Gasteiger partial charge in [-0.05, 0) is 43.4 Å². The molecule has 1 fully saturated rings. The van der Waals surface area contributed by atoms with E-state index >= 15 is 0 Å². The molecular weight excluding hydrogens is 446 g/mol. The van der Waals surface area contributed by atoms with E-state index in [1.54, 1.807) is 0 Å². The molecule has 1 saturated heterocycles. The highest BCUT2D eigenvalue weighted by atomic mass is 79.9. The monoisotopic (exact) mass is 471 g/mol. The summed E-state index contributed by atoms with van der Waals surface area (Å²) < 4.78 is 6.43. The molecule has 3 heterocycles. The molecule has 0 radical (unpaired) electrons. The fourth-order valence-electron chi connectivity index (χ4n) is 3.73. The Labute approximate surface area is 184 Å². The molecule has 0 spiro atoms. The molecule has 4 rings (SSSR count). The van der Waals surface area contributed by atoms with Crippen LogP contribution in [0.15, 0.2) is 33.3 Å². The standard InChI is InChI=1S/C22H26BrN5O2/c1-14-8-10-28(11-9-14)21-20-15(2)27-30-22(20)26-18(25-21)6-7-19(29)24-13-16-4-3-5-17(23)12-16/h3-5,12,14H,6-11,13H2,1-2H3,(H,24,29). The maximum Gasteiger partial charge on any atom is 0.263 e. The Morgan fingerprint density at radius 3 is 2.87 bits per heavy atom. The van der Waals surface area contributed by atoms with Crippen molar-refractivity contribution in [3.8, 4) is 0 Å². The predicted molar refractivity (Wildman–Crippen MR) is 119 cm³/mol. The van der Waals surface area contributed by atoms with Crippen LogP contribution in [0.25, 0.3) is 11.1 Å². The number of carbonyl (C=O) groups is 1. The lowest BCUT2D eigenvalue weighted by Gasteiger charge is -2.31. The van der Waals surface area contributed by atoms with E-state index in [0.29, 0.717) is 30.9 Å². The Morgan fingerprint density at radius 2 is 2.10 bits per heavy atom. The van der Waals surface area contributed by atoms with Crippen LogP contribution in [0.4, 0.5) is 5.82 Å². The molecule has 3 aromatic rings. The number of halogens is 1. The van der Waals surface area contributed by atoms with Gasteiger partial charge in [0, 0.05) is 36.9 Å². The molecule has 8 heteroatoms. The number of aryl methyl sites for hydroxylation is 2. The summed E-state index contributed by atoms with van der Waals surface area (Å²) in [5, 5.41) is 7.93. The molecule has 30 heavy (non-hydrogen) atoms. The summed E-state index contributed by atoms with van der Waals surface area (Å²) in [6, 6.07) is 7.90. The van der Waals surface area contributed by atoms with Crippen molar-refractivity contribution in [2.75, 3.05) is 18.0 Å². The number of nitrogens with one attached hydrogen (secondary N) is 1. The molecular formula is C22H26BrN5O2. The van der Waals surface area contributed by atoms with Gasteiger partial charge in [0.1, 0.15) is 17.0 Å². The first-order valence-electron chi connectivity index (χ1n) is 10.4. The molecule has 2 aromatic heterocycles. The number of carbonyl (C=O) groups excluding carboxylic acids is 1. The van der Waals surface area contributed by atoms with E-state index in [2.05, 4.69) is 43.2 Å². The Morgan fingerprint density at radius 1 is 1.30 bits per heavy atom. The number of aromatic nitrogens is 3. The number of anilines is 1. The average Bonchev–Trinajstić information content (AvgIpc) is 3.12. The smallest absolute Gasteiger partial charge is 0.263 e. The van der Waals surface area contributed by atoms with Crippen molar-refractivity contribution in [3.05, 3.63) is 45.8 Å². The van der Waals surface area contributed by atoms with Gasteiger partial charge < -0.3 is 14.7 Å². The minimum atomic E-state index is -0.0271. The van der Waals surface area contributed by atoms with Gasteiger partial charge in [-0.3, -0.25) is 4.79 Å². The Balaban J connectivity index is 1.44. The van der Waals surface area contributed by atoms with E-state index < -0.39 is 0 Å². The van der Waals surface area contributed by atoms with Gasteiger partial charge in [-0.1, -0.05) is 40.1 Å². The molecule has 0 unspecified atom stereocenters. The van der Waals surface area contributed by atoms with Crippen LogP contribution in [0.1, 0.15) is 43.3 Å². The Kier molecular flexibility index (Phi) is 6.32. The summed E-state index contributed by atoms with van der Waals surface area (Å²) >= 11 is 3.45. The Bertz CT molecular complexity index is 1040. The SMILES string of the molecule is Cc1noc2nc(CCC(=O)NCc3cccc(Br)c3)nc(N3CCC(C)CC3)c12. The zero-order valence-electron chi connectivity index (χ0n) is 17.3. The third-order valence-corrected chi connectivity index (χ3v) is 6.06. The predicted octanol–water partition coefficient (Wildman–Crippen LogP) is 4.17. The van der Waals surface area contributed by atoms with Crippen LogP contribution in [0.2, 0.25) is 0 Å². The maximum absolute atomic E-state index is 12.3. The van der Waals surface area contributed by atoms with Crippen LogP contribution in [0.3, 0.4) is 0 Å². The van der Waals surface area contributed by atoms with Crippen molar-refractivity contribution >= 4 is 38.8 Å². The van der Waals surface area contributed by atoms with Crippen LogP contribution >= 0.6 is 15.9 Å². The highest BCUT2D eigenvalue weighted by molar-refractivity contribution is 9.10. The minimum Gasteiger partial charge on any atom is -0.356 e. The number of rotatable bonds is 6. The van der Waals surface area contributed by atoms with Crippen LogP contribution in [-0.4, -0.2) is 34.1 Å². The maximum atomic E-state index is 12.3. The fourth-order valence-corrected chi connectivity index (χ4v) is 4.18. The van der Waals surface area contributed by atoms with E-state index in [4.69, 9.17) is 9.51 Å². The van der Waals surface area contributed by atoms with Gasteiger partial charge >= 0.3 is 0 Å². The van der Waals surface area contributed by atoms with Crippen LogP contribution in [0, 0.1) is 12.8 Å². The lowest BCUT2D eigenvalue weighted by atomic mass is 9.99. The normalized spacial score (nSPS) is 15.0. The first-order valence-corrected chi connectivity index (χ1v) is 11.2. The molecule has 0 atom stereocenters. The zero-order chi connectivity index (χ0) is 21.1. The summed E-state index contributed by atoms with van der Waals surface area (Å²) in [5.41, 5.74) is 2.35. The van der Waals surface area contributed by atoms with Crippen molar-refractivity contribution < 1.29 is 9.32 Å².